The van der Waals surface area contributed by atoms with Gasteiger partial charge >= 0.3 is 0 Å². The summed E-state index contributed by atoms with van der Waals surface area (Å²) in [6, 6.07) is 10.3. The average Bonchev–Trinajstić information content (AvgIpc) is 2.45. The number of hydrogen-bond donors (Lipinski definition) is 2. The summed E-state index contributed by atoms with van der Waals surface area (Å²) in [5, 5.41) is 0. The third kappa shape index (κ3) is 7.19. The number of benzene rings is 1. The zero-order valence-electron chi connectivity index (χ0n) is 12.6. The number of hydrogen-bond acceptors (Lipinski definition) is 3. The van der Waals surface area contributed by atoms with Gasteiger partial charge in [-0.05, 0) is 31.6 Å². The van der Waals surface area contributed by atoms with Gasteiger partial charge in [0.05, 0.1) is 5.82 Å². The van der Waals surface area contributed by atoms with Crippen molar-refractivity contribution in [2.24, 2.45) is 11.5 Å². The van der Waals surface area contributed by atoms with Crippen molar-refractivity contribution in [2.75, 3.05) is 6.54 Å². The summed E-state index contributed by atoms with van der Waals surface area (Å²) in [6.07, 6.45) is 3.67. The minimum absolute atomic E-state index is 0.737. The molecule has 4 N–H and O–H groups in total. The standard InChI is InChI=1S/C14H21N3.C2H6/c1-3-17(14(16)10-9-12(2)15)11-13-7-5-4-6-8-13;1-2/h4-10H,3,11,15-16H2,1-2H3;1-2H3/b12-9-,14-10+;. The lowest BCUT2D eigenvalue weighted by molar-refractivity contribution is 0.351. The van der Waals surface area contributed by atoms with Crippen molar-refractivity contribution >= 4 is 0 Å². The number of nitrogens with zero attached hydrogens (tertiary/aromatic N) is 1. The highest BCUT2D eigenvalue weighted by molar-refractivity contribution is 5.17. The summed E-state index contributed by atoms with van der Waals surface area (Å²) >= 11 is 0. The molecule has 106 valence electrons. The van der Waals surface area contributed by atoms with Gasteiger partial charge in [0.25, 0.3) is 0 Å². The highest BCUT2D eigenvalue weighted by Gasteiger charge is 2.03. The van der Waals surface area contributed by atoms with E-state index in [0.717, 1.165) is 24.6 Å². The molecule has 0 spiro atoms. The van der Waals surface area contributed by atoms with E-state index in [0.29, 0.717) is 0 Å². The third-order valence-corrected chi connectivity index (χ3v) is 2.48. The molecule has 1 aromatic rings. The molecular weight excluding hydrogens is 234 g/mol. The highest BCUT2D eigenvalue weighted by atomic mass is 15.2. The van der Waals surface area contributed by atoms with Crippen LogP contribution in [0.4, 0.5) is 0 Å². The third-order valence-electron chi connectivity index (χ3n) is 2.48. The second-order valence-corrected chi connectivity index (χ2v) is 4.00. The molecule has 19 heavy (non-hydrogen) atoms. The van der Waals surface area contributed by atoms with Crippen LogP contribution in [0.3, 0.4) is 0 Å². The van der Waals surface area contributed by atoms with Crippen molar-refractivity contribution in [1.82, 2.24) is 4.90 Å². The first-order valence-corrected chi connectivity index (χ1v) is 6.82. The zero-order chi connectivity index (χ0) is 14.7. The number of nitrogens with two attached hydrogens (primary N) is 2. The Labute approximate surface area is 117 Å². The fourth-order valence-electron chi connectivity index (χ4n) is 1.51. The van der Waals surface area contributed by atoms with E-state index in [1.165, 1.54) is 5.56 Å². The monoisotopic (exact) mass is 261 g/mol. The average molecular weight is 261 g/mol. The Kier molecular flexibility index (Phi) is 9.06. The number of allylic oxidation sites excluding steroid dienone is 3. The summed E-state index contributed by atoms with van der Waals surface area (Å²) in [5.74, 6) is 0.737. The minimum atomic E-state index is 0.737. The fraction of sp³-hybridized carbons (Fsp3) is 0.375. The molecule has 3 nitrogen and oxygen atoms in total. The van der Waals surface area contributed by atoms with E-state index >= 15 is 0 Å². The Morgan fingerprint density at radius 3 is 2.16 bits per heavy atom. The Morgan fingerprint density at radius 1 is 1.11 bits per heavy atom. The van der Waals surface area contributed by atoms with Crippen molar-refractivity contribution in [1.29, 1.82) is 0 Å². The van der Waals surface area contributed by atoms with E-state index in [1.54, 1.807) is 0 Å². The smallest absolute Gasteiger partial charge is 0.0989 e. The van der Waals surface area contributed by atoms with Crippen LogP contribution in [0.15, 0.2) is 54.0 Å². The van der Waals surface area contributed by atoms with Crippen LogP contribution in [0, 0.1) is 0 Å². The highest BCUT2D eigenvalue weighted by Crippen LogP contribution is 2.07. The van der Waals surface area contributed by atoms with Crippen LogP contribution in [0.2, 0.25) is 0 Å². The van der Waals surface area contributed by atoms with E-state index in [4.69, 9.17) is 11.5 Å². The Hall–Kier alpha value is -1.90. The molecule has 0 radical (unpaired) electrons. The lowest BCUT2D eigenvalue weighted by Crippen LogP contribution is -2.27. The zero-order valence-corrected chi connectivity index (χ0v) is 12.6. The molecule has 0 heterocycles. The van der Waals surface area contributed by atoms with Crippen LogP contribution in [0.1, 0.15) is 33.3 Å². The molecular formula is C16H27N3. The maximum atomic E-state index is 6.01. The minimum Gasteiger partial charge on any atom is -0.402 e. The van der Waals surface area contributed by atoms with Crippen molar-refractivity contribution in [2.45, 2.75) is 34.2 Å². The van der Waals surface area contributed by atoms with Crippen LogP contribution in [0.5, 0.6) is 0 Å². The maximum Gasteiger partial charge on any atom is 0.0989 e. The van der Waals surface area contributed by atoms with Gasteiger partial charge in [-0.1, -0.05) is 44.2 Å². The topological polar surface area (TPSA) is 55.3 Å². The van der Waals surface area contributed by atoms with Gasteiger partial charge in [-0.3, -0.25) is 0 Å². The quantitative estimate of drug-likeness (QED) is 0.800. The lowest BCUT2D eigenvalue weighted by atomic mass is 10.2. The van der Waals surface area contributed by atoms with E-state index in [-0.39, 0.29) is 0 Å². The molecule has 0 unspecified atom stereocenters. The molecule has 0 aliphatic carbocycles. The molecule has 0 aromatic heterocycles. The predicted molar refractivity (Wildman–Crippen MR) is 84.1 cm³/mol. The van der Waals surface area contributed by atoms with Gasteiger partial charge in [-0.15, -0.1) is 0 Å². The van der Waals surface area contributed by atoms with Crippen molar-refractivity contribution in [3.8, 4) is 0 Å². The van der Waals surface area contributed by atoms with Crippen LogP contribution in [0.25, 0.3) is 0 Å². The second-order valence-electron chi connectivity index (χ2n) is 4.00. The first-order valence-electron chi connectivity index (χ1n) is 6.82. The SMILES string of the molecule is CC.CCN(Cc1ccccc1)/C(N)=C/C=C(/C)N. The molecule has 0 aliphatic rings. The molecule has 1 rings (SSSR count). The van der Waals surface area contributed by atoms with Gasteiger partial charge in [0, 0.05) is 18.8 Å². The van der Waals surface area contributed by atoms with Gasteiger partial charge in [-0.25, -0.2) is 0 Å². The van der Waals surface area contributed by atoms with Crippen LogP contribution in [-0.4, -0.2) is 11.4 Å². The Bertz CT molecular complexity index is 390. The van der Waals surface area contributed by atoms with Crippen LogP contribution >= 0.6 is 0 Å². The largest absolute Gasteiger partial charge is 0.402 e. The fourth-order valence-corrected chi connectivity index (χ4v) is 1.51. The van der Waals surface area contributed by atoms with E-state index in [1.807, 2.05) is 51.1 Å². The number of rotatable bonds is 5. The first kappa shape index (κ1) is 17.1. The maximum absolute atomic E-state index is 6.01. The van der Waals surface area contributed by atoms with Crippen molar-refractivity contribution in [3.63, 3.8) is 0 Å². The Morgan fingerprint density at radius 2 is 1.68 bits per heavy atom. The van der Waals surface area contributed by atoms with E-state index in [2.05, 4.69) is 24.0 Å². The normalized spacial score (nSPS) is 11.6. The summed E-state index contributed by atoms with van der Waals surface area (Å²) in [7, 11) is 0. The predicted octanol–water partition coefficient (Wildman–Crippen LogP) is 3.20. The molecule has 0 saturated heterocycles. The summed E-state index contributed by atoms with van der Waals surface area (Å²) in [6.45, 7) is 9.62. The van der Waals surface area contributed by atoms with Gasteiger partial charge < -0.3 is 16.4 Å². The van der Waals surface area contributed by atoms with Gasteiger partial charge in [0.1, 0.15) is 0 Å². The van der Waals surface area contributed by atoms with E-state index in [9.17, 15) is 0 Å². The van der Waals surface area contributed by atoms with Gasteiger partial charge in [0.2, 0.25) is 0 Å². The van der Waals surface area contributed by atoms with Gasteiger partial charge in [-0.2, -0.15) is 0 Å². The van der Waals surface area contributed by atoms with Crippen LogP contribution in [-0.2, 0) is 6.54 Å². The van der Waals surface area contributed by atoms with E-state index < -0.39 is 0 Å². The van der Waals surface area contributed by atoms with Crippen molar-refractivity contribution in [3.05, 3.63) is 59.6 Å². The first-order chi connectivity index (χ1) is 9.13. The molecule has 0 fully saturated rings. The summed E-state index contributed by atoms with van der Waals surface area (Å²) in [5.41, 5.74) is 13.6. The molecule has 1 aromatic carbocycles. The molecule has 0 amide bonds. The molecule has 0 atom stereocenters. The van der Waals surface area contributed by atoms with Gasteiger partial charge in [0.15, 0.2) is 0 Å². The van der Waals surface area contributed by atoms with Crippen molar-refractivity contribution < 1.29 is 0 Å². The molecule has 3 heteroatoms. The summed E-state index contributed by atoms with van der Waals surface area (Å²) in [4.78, 5) is 2.11. The molecule has 0 saturated carbocycles. The molecule has 0 aliphatic heterocycles. The molecule has 0 bridgehead atoms. The lowest BCUT2D eigenvalue weighted by Gasteiger charge is -2.23. The second kappa shape index (κ2) is 10.1. The summed E-state index contributed by atoms with van der Waals surface area (Å²) < 4.78 is 0. The van der Waals surface area contributed by atoms with Crippen LogP contribution < -0.4 is 11.5 Å². The Balaban J connectivity index is 0.00000154.